The molecule has 188 valence electrons. The van der Waals surface area contributed by atoms with Crippen LogP contribution in [0.5, 0.6) is 5.75 Å². The lowest BCUT2D eigenvalue weighted by Gasteiger charge is -2.19. The van der Waals surface area contributed by atoms with Gasteiger partial charge < -0.3 is 14.5 Å². The number of aromatic nitrogens is 1. The minimum absolute atomic E-state index is 0.0250. The number of carbonyl (C=O) groups excluding carboxylic acids is 1. The standard InChI is InChI=1S/C23H21BrF5N3O3/c1-3-32(4-2)12-30-22(33)18-15(25)9-10-16(19(18)26)34-11-17-31-20(21(24)35-17)13-5-7-14(8-6-13)23(27,28)29/h5-10H,3-4,11-12H2,1-2H3,(H,30,33). The van der Waals surface area contributed by atoms with Crippen molar-refractivity contribution in [1.82, 2.24) is 15.2 Å². The van der Waals surface area contributed by atoms with Crippen molar-refractivity contribution in [2.45, 2.75) is 26.6 Å². The molecule has 0 fully saturated rings. The molecule has 0 atom stereocenters. The van der Waals surface area contributed by atoms with Gasteiger partial charge in [0.15, 0.2) is 22.8 Å². The lowest BCUT2D eigenvalue weighted by atomic mass is 10.1. The summed E-state index contributed by atoms with van der Waals surface area (Å²) in [6.45, 7) is 4.79. The van der Waals surface area contributed by atoms with Gasteiger partial charge in [0.05, 0.1) is 12.2 Å². The molecule has 1 amide bonds. The number of amides is 1. The Labute approximate surface area is 206 Å². The molecule has 0 saturated heterocycles. The van der Waals surface area contributed by atoms with Gasteiger partial charge in [0.25, 0.3) is 5.91 Å². The van der Waals surface area contributed by atoms with E-state index in [1.54, 1.807) is 0 Å². The molecular weight excluding hydrogens is 541 g/mol. The molecule has 12 heteroatoms. The van der Waals surface area contributed by atoms with Crippen LogP contribution in [0.25, 0.3) is 11.3 Å². The maximum absolute atomic E-state index is 14.9. The summed E-state index contributed by atoms with van der Waals surface area (Å²) in [5.74, 6) is -3.58. The van der Waals surface area contributed by atoms with Crippen LogP contribution in [0.15, 0.2) is 45.5 Å². The van der Waals surface area contributed by atoms with E-state index in [9.17, 15) is 26.7 Å². The number of halogens is 6. The van der Waals surface area contributed by atoms with Crippen LogP contribution in [0.4, 0.5) is 22.0 Å². The maximum Gasteiger partial charge on any atom is 0.416 e. The fourth-order valence-electron chi connectivity index (χ4n) is 3.11. The van der Waals surface area contributed by atoms with E-state index in [0.717, 1.165) is 24.3 Å². The Morgan fingerprint density at radius 1 is 1.11 bits per heavy atom. The van der Waals surface area contributed by atoms with Gasteiger partial charge in [0, 0.05) is 5.56 Å². The van der Waals surface area contributed by atoms with Gasteiger partial charge in [0.2, 0.25) is 5.89 Å². The number of alkyl halides is 3. The Morgan fingerprint density at radius 2 is 1.77 bits per heavy atom. The number of carbonyl (C=O) groups is 1. The molecule has 35 heavy (non-hydrogen) atoms. The highest BCUT2D eigenvalue weighted by Crippen LogP contribution is 2.33. The molecule has 1 aromatic heterocycles. The number of rotatable bonds is 9. The molecule has 6 nitrogen and oxygen atoms in total. The molecule has 0 aliphatic heterocycles. The van der Waals surface area contributed by atoms with Crippen LogP contribution >= 0.6 is 15.9 Å². The van der Waals surface area contributed by atoms with E-state index < -0.39 is 40.6 Å². The molecule has 0 radical (unpaired) electrons. The van der Waals surface area contributed by atoms with Crippen molar-refractivity contribution in [2.75, 3.05) is 19.8 Å². The van der Waals surface area contributed by atoms with Gasteiger partial charge in [0.1, 0.15) is 17.1 Å². The van der Waals surface area contributed by atoms with Gasteiger partial charge in [-0.25, -0.2) is 13.8 Å². The van der Waals surface area contributed by atoms with E-state index in [-0.39, 0.29) is 29.5 Å². The highest BCUT2D eigenvalue weighted by atomic mass is 79.9. The third kappa shape index (κ3) is 6.37. The third-order valence-corrected chi connectivity index (χ3v) is 5.64. The van der Waals surface area contributed by atoms with Crippen LogP contribution in [0.2, 0.25) is 0 Å². The second kappa shape index (κ2) is 11.2. The van der Waals surface area contributed by atoms with Crippen molar-refractivity contribution >= 4 is 21.8 Å². The first-order valence-corrected chi connectivity index (χ1v) is 11.3. The number of nitrogens with one attached hydrogen (secondary N) is 1. The predicted octanol–water partition coefficient (Wildman–Crippen LogP) is 6.01. The van der Waals surface area contributed by atoms with Crippen molar-refractivity contribution in [3.63, 3.8) is 0 Å². The predicted molar refractivity (Wildman–Crippen MR) is 121 cm³/mol. The smallest absolute Gasteiger partial charge is 0.416 e. The molecule has 2 aromatic carbocycles. The van der Waals surface area contributed by atoms with Crippen LogP contribution in [0.1, 0.15) is 35.7 Å². The number of ether oxygens (including phenoxy) is 1. The summed E-state index contributed by atoms with van der Waals surface area (Å²) in [7, 11) is 0. The third-order valence-electron chi connectivity index (χ3n) is 5.11. The van der Waals surface area contributed by atoms with Crippen LogP contribution in [-0.2, 0) is 12.8 Å². The van der Waals surface area contributed by atoms with Crippen molar-refractivity contribution in [3.8, 4) is 17.0 Å². The van der Waals surface area contributed by atoms with Gasteiger partial charge in [-0.15, -0.1) is 0 Å². The summed E-state index contributed by atoms with van der Waals surface area (Å²) in [5.41, 5.74) is -1.03. The quantitative estimate of drug-likeness (QED) is 0.256. The fourth-order valence-corrected chi connectivity index (χ4v) is 3.62. The second-order valence-electron chi connectivity index (χ2n) is 7.30. The SMILES string of the molecule is CCN(CC)CNC(=O)c1c(F)ccc(OCc2nc(-c3ccc(C(F)(F)F)cc3)c(Br)o2)c1F. The normalized spacial score (nSPS) is 11.7. The average molecular weight is 562 g/mol. The zero-order valence-electron chi connectivity index (χ0n) is 18.7. The number of oxazole rings is 1. The second-order valence-corrected chi connectivity index (χ2v) is 8.02. The first-order valence-electron chi connectivity index (χ1n) is 10.5. The molecule has 0 saturated carbocycles. The first-order chi connectivity index (χ1) is 16.5. The van der Waals surface area contributed by atoms with Crippen molar-refractivity contribution in [3.05, 3.63) is 69.7 Å². The average Bonchev–Trinajstić information content (AvgIpc) is 3.19. The van der Waals surface area contributed by atoms with Crippen LogP contribution in [0.3, 0.4) is 0 Å². The van der Waals surface area contributed by atoms with Crippen LogP contribution < -0.4 is 10.1 Å². The fraction of sp³-hybridized carbons (Fsp3) is 0.304. The Bertz CT molecular complexity index is 1180. The van der Waals surface area contributed by atoms with Gasteiger partial charge in [-0.3, -0.25) is 9.69 Å². The van der Waals surface area contributed by atoms with Gasteiger partial charge in [-0.05, 0) is 53.3 Å². The molecule has 3 aromatic rings. The largest absolute Gasteiger partial charge is 0.481 e. The molecule has 1 N–H and O–H groups in total. The summed E-state index contributed by atoms with van der Waals surface area (Å²) in [6, 6.07) is 6.22. The minimum Gasteiger partial charge on any atom is -0.481 e. The molecule has 1 heterocycles. The van der Waals surface area contributed by atoms with Gasteiger partial charge >= 0.3 is 6.18 Å². The number of hydrogen-bond acceptors (Lipinski definition) is 5. The molecule has 0 aliphatic carbocycles. The summed E-state index contributed by atoms with van der Waals surface area (Å²) in [5, 5.41) is 2.47. The molecule has 3 rings (SSSR count). The highest BCUT2D eigenvalue weighted by Gasteiger charge is 2.30. The number of benzene rings is 2. The van der Waals surface area contributed by atoms with E-state index in [2.05, 4.69) is 26.2 Å². The van der Waals surface area contributed by atoms with Gasteiger partial charge in [-0.2, -0.15) is 13.2 Å². The van der Waals surface area contributed by atoms with E-state index in [4.69, 9.17) is 9.15 Å². The zero-order valence-corrected chi connectivity index (χ0v) is 20.3. The highest BCUT2D eigenvalue weighted by molar-refractivity contribution is 9.10. The zero-order chi connectivity index (χ0) is 25.8. The van der Waals surface area contributed by atoms with Crippen LogP contribution in [0, 0.1) is 11.6 Å². The maximum atomic E-state index is 14.9. The van der Waals surface area contributed by atoms with Crippen molar-refractivity contribution < 1.29 is 35.9 Å². The molecule has 0 bridgehead atoms. The van der Waals surface area contributed by atoms with Crippen molar-refractivity contribution in [2.24, 2.45) is 0 Å². The topological polar surface area (TPSA) is 67.6 Å². The molecule has 0 aliphatic rings. The molecule has 0 spiro atoms. The summed E-state index contributed by atoms with van der Waals surface area (Å²) < 4.78 is 78.3. The first kappa shape index (κ1) is 26.6. The summed E-state index contributed by atoms with van der Waals surface area (Å²) in [4.78, 5) is 18.4. The van der Waals surface area contributed by atoms with Crippen molar-refractivity contribution in [1.29, 1.82) is 0 Å². The van der Waals surface area contributed by atoms with Crippen LogP contribution in [-0.4, -0.2) is 35.5 Å². The molecular formula is C23H21BrF5N3O3. The Hall–Kier alpha value is -2.99. The Morgan fingerprint density at radius 3 is 2.37 bits per heavy atom. The number of hydrogen-bond donors (Lipinski definition) is 1. The lowest BCUT2D eigenvalue weighted by Crippen LogP contribution is -2.38. The number of nitrogens with zero attached hydrogens (tertiary/aromatic N) is 2. The van der Waals surface area contributed by atoms with E-state index in [1.807, 2.05) is 18.7 Å². The van der Waals surface area contributed by atoms with E-state index in [1.165, 1.54) is 12.1 Å². The van der Waals surface area contributed by atoms with Gasteiger partial charge in [-0.1, -0.05) is 26.0 Å². The summed E-state index contributed by atoms with van der Waals surface area (Å²) in [6.07, 6.45) is -4.47. The lowest BCUT2D eigenvalue weighted by molar-refractivity contribution is -0.137. The Balaban J connectivity index is 1.73. The molecule has 0 unspecified atom stereocenters. The monoisotopic (exact) mass is 561 g/mol. The Kier molecular flexibility index (Phi) is 8.49. The summed E-state index contributed by atoms with van der Waals surface area (Å²) >= 11 is 3.15. The van der Waals surface area contributed by atoms with E-state index >= 15 is 0 Å². The minimum atomic E-state index is -4.47. The van der Waals surface area contributed by atoms with E-state index in [0.29, 0.717) is 18.7 Å².